The quantitative estimate of drug-likeness (QED) is 0.384. The van der Waals surface area contributed by atoms with Crippen LogP contribution in [0.2, 0.25) is 0 Å². The summed E-state index contributed by atoms with van der Waals surface area (Å²) in [6.45, 7) is 11.7. The highest BCUT2D eigenvalue weighted by atomic mass is 16.5. The van der Waals surface area contributed by atoms with Crippen LogP contribution >= 0.6 is 0 Å². The van der Waals surface area contributed by atoms with Gasteiger partial charge in [-0.15, -0.1) is 0 Å². The molecule has 0 radical (unpaired) electrons. The zero-order valence-electron chi connectivity index (χ0n) is 18.5. The molecule has 1 aromatic rings. The molecule has 2 aliphatic rings. The van der Waals surface area contributed by atoms with E-state index in [0.29, 0.717) is 12.5 Å². The summed E-state index contributed by atoms with van der Waals surface area (Å²) < 4.78 is 5.43. The minimum atomic E-state index is 0.245. The fraction of sp³-hybridized carbons (Fsp3) is 0.652. The molecule has 7 heteroatoms. The number of aliphatic imine (C=N–C) groups is 1. The molecule has 1 unspecified atom stereocenters. The highest BCUT2D eigenvalue weighted by Gasteiger charge is 2.20. The van der Waals surface area contributed by atoms with Crippen LogP contribution in [0.25, 0.3) is 0 Å². The molecule has 2 N–H and O–H groups in total. The maximum absolute atomic E-state index is 12.6. The van der Waals surface area contributed by atoms with Crippen molar-refractivity contribution in [1.82, 2.24) is 20.4 Å². The zero-order chi connectivity index (χ0) is 21.2. The summed E-state index contributed by atoms with van der Waals surface area (Å²) in [7, 11) is 0. The molecule has 2 heterocycles. The van der Waals surface area contributed by atoms with E-state index < -0.39 is 0 Å². The van der Waals surface area contributed by atoms with Gasteiger partial charge in [-0.3, -0.25) is 14.7 Å². The summed E-state index contributed by atoms with van der Waals surface area (Å²) >= 11 is 0. The normalized spacial score (nSPS) is 18.6. The van der Waals surface area contributed by atoms with Crippen LogP contribution in [-0.4, -0.2) is 80.2 Å². The topological polar surface area (TPSA) is 69.2 Å². The van der Waals surface area contributed by atoms with Crippen molar-refractivity contribution in [2.75, 3.05) is 52.5 Å². The number of amides is 1. The first-order valence-electron chi connectivity index (χ1n) is 11.4. The van der Waals surface area contributed by atoms with E-state index in [0.717, 1.165) is 77.8 Å². The fourth-order valence-electron chi connectivity index (χ4n) is 4.01. The molecule has 1 atom stereocenters. The number of ether oxygens (including phenoxy) is 1. The van der Waals surface area contributed by atoms with Gasteiger partial charge in [-0.2, -0.15) is 0 Å². The third-order valence-electron chi connectivity index (χ3n) is 5.87. The Labute approximate surface area is 180 Å². The molecule has 0 saturated carbocycles. The molecule has 0 spiro atoms. The first-order valence-corrected chi connectivity index (χ1v) is 11.4. The molecule has 1 aromatic carbocycles. The van der Waals surface area contributed by atoms with Crippen LogP contribution in [0.5, 0.6) is 0 Å². The fourth-order valence-corrected chi connectivity index (χ4v) is 4.01. The van der Waals surface area contributed by atoms with Gasteiger partial charge in [-0.25, -0.2) is 0 Å². The first kappa shape index (κ1) is 22.6. The molecular formula is C23H37N5O2. The zero-order valence-corrected chi connectivity index (χ0v) is 18.5. The van der Waals surface area contributed by atoms with Gasteiger partial charge >= 0.3 is 0 Å². The molecule has 3 rings (SSSR count). The Hall–Kier alpha value is -2.12. The first-order chi connectivity index (χ1) is 14.7. The van der Waals surface area contributed by atoms with Crippen molar-refractivity contribution in [2.45, 2.75) is 45.7 Å². The maximum Gasteiger partial charge on any atom is 0.222 e. The second kappa shape index (κ2) is 11.9. The SMILES string of the molecule is CCNC(=NCC(C)N1CCOCC1)NCCCC(=O)N1CCc2ccccc2C1. The Bertz CT molecular complexity index is 703. The average Bonchev–Trinajstić information content (AvgIpc) is 2.80. The standard InChI is InChI=1S/C23H37N5O2/c1-3-24-23(26-17-19(2)27-13-15-30-16-14-27)25-11-6-9-22(29)28-12-10-20-7-4-5-8-21(20)18-28/h4-5,7-8,19H,3,6,9-18H2,1-2H3,(H2,24,25,26). The number of guanidine groups is 1. The number of rotatable bonds is 8. The van der Waals surface area contributed by atoms with Gasteiger partial charge in [-0.05, 0) is 37.8 Å². The number of nitrogens with zero attached hydrogens (tertiary/aromatic N) is 3. The van der Waals surface area contributed by atoms with Gasteiger partial charge in [0.25, 0.3) is 0 Å². The number of fused-ring (bicyclic) bond motifs is 1. The van der Waals surface area contributed by atoms with E-state index in [1.807, 2.05) is 4.90 Å². The number of benzene rings is 1. The van der Waals surface area contributed by atoms with Gasteiger partial charge in [0.2, 0.25) is 5.91 Å². The predicted octanol–water partition coefficient (Wildman–Crippen LogP) is 1.63. The van der Waals surface area contributed by atoms with Crippen molar-refractivity contribution >= 4 is 11.9 Å². The molecule has 0 aromatic heterocycles. The lowest BCUT2D eigenvalue weighted by atomic mass is 9.99. The Kier molecular flexibility index (Phi) is 8.96. The third-order valence-corrected chi connectivity index (χ3v) is 5.87. The molecule has 0 aliphatic carbocycles. The highest BCUT2D eigenvalue weighted by molar-refractivity contribution is 5.80. The van der Waals surface area contributed by atoms with E-state index in [1.165, 1.54) is 11.1 Å². The molecule has 1 fully saturated rings. The van der Waals surface area contributed by atoms with E-state index in [2.05, 4.69) is 53.6 Å². The Morgan fingerprint density at radius 1 is 1.17 bits per heavy atom. The lowest BCUT2D eigenvalue weighted by Crippen LogP contribution is -2.44. The van der Waals surface area contributed by atoms with E-state index in [-0.39, 0.29) is 5.91 Å². The summed E-state index contributed by atoms with van der Waals surface area (Å²) in [6.07, 6.45) is 2.33. The second-order valence-electron chi connectivity index (χ2n) is 8.08. The van der Waals surface area contributed by atoms with Gasteiger partial charge in [0.05, 0.1) is 19.8 Å². The third kappa shape index (κ3) is 6.71. The van der Waals surface area contributed by atoms with Crippen LogP contribution in [0.15, 0.2) is 29.3 Å². The van der Waals surface area contributed by atoms with Gasteiger partial charge in [0, 0.05) is 51.7 Å². The van der Waals surface area contributed by atoms with E-state index in [4.69, 9.17) is 9.73 Å². The van der Waals surface area contributed by atoms with Crippen LogP contribution in [0.1, 0.15) is 37.8 Å². The molecule has 0 bridgehead atoms. The van der Waals surface area contributed by atoms with E-state index in [1.54, 1.807) is 0 Å². The van der Waals surface area contributed by atoms with Crippen LogP contribution < -0.4 is 10.6 Å². The molecule has 1 saturated heterocycles. The summed E-state index contributed by atoms with van der Waals surface area (Å²) in [5.41, 5.74) is 2.66. The van der Waals surface area contributed by atoms with Gasteiger partial charge in [0.1, 0.15) is 0 Å². The molecule has 7 nitrogen and oxygen atoms in total. The Morgan fingerprint density at radius 2 is 1.93 bits per heavy atom. The van der Waals surface area contributed by atoms with Crippen molar-refractivity contribution in [2.24, 2.45) is 4.99 Å². The summed E-state index contributed by atoms with van der Waals surface area (Å²) in [6, 6.07) is 8.83. The number of morpholine rings is 1. The maximum atomic E-state index is 12.6. The average molecular weight is 416 g/mol. The monoisotopic (exact) mass is 415 g/mol. The van der Waals surface area contributed by atoms with Crippen molar-refractivity contribution < 1.29 is 9.53 Å². The molecule has 30 heavy (non-hydrogen) atoms. The summed E-state index contributed by atoms with van der Waals surface area (Å²) in [4.78, 5) is 21.8. The number of carbonyl (C=O) groups excluding carboxylic acids is 1. The van der Waals surface area contributed by atoms with Gasteiger partial charge in [-0.1, -0.05) is 24.3 Å². The number of hydrogen-bond donors (Lipinski definition) is 2. The molecule has 2 aliphatic heterocycles. The van der Waals surface area contributed by atoms with Crippen LogP contribution in [0, 0.1) is 0 Å². The van der Waals surface area contributed by atoms with E-state index >= 15 is 0 Å². The van der Waals surface area contributed by atoms with Crippen LogP contribution in [0.3, 0.4) is 0 Å². The van der Waals surface area contributed by atoms with Crippen molar-refractivity contribution in [3.63, 3.8) is 0 Å². The van der Waals surface area contributed by atoms with Crippen molar-refractivity contribution in [3.8, 4) is 0 Å². The predicted molar refractivity (Wildman–Crippen MR) is 121 cm³/mol. The van der Waals surface area contributed by atoms with Crippen LogP contribution in [0.4, 0.5) is 0 Å². The van der Waals surface area contributed by atoms with Gasteiger partial charge < -0.3 is 20.3 Å². The minimum Gasteiger partial charge on any atom is -0.379 e. The van der Waals surface area contributed by atoms with E-state index in [9.17, 15) is 4.79 Å². The number of nitrogens with one attached hydrogen (secondary N) is 2. The number of carbonyl (C=O) groups is 1. The molecular weight excluding hydrogens is 378 g/mol. The summed E-state index contributed by atoms with van der Waals surface area (Å²) in [5.74, 6) is 1.08. The van der Waals surface area contributed by atoms with Crippen molar-refractivity contribution in [1.29, 1.82) is 0 Å². The number of hydrogen-bond acceptors (Lipinski definition) is 4. The second-order valence-corrected chi connectivity index (χ2v) is 8.08. The largest absolute Gasteiger partial charge is 0.379 e. The lowest BCUT2D eigenvalue weighted by molar-refractivity contribution is -0.132. The molecule has 1 amide bonds. The van der Waals surface area contributed by atoms with Crippen LogP contribution in [-0.2, 0) is 22.5 Å². The van der Waals surface area contributed by atoms with Crippen molar-refractivity contribution in [3.05, 3.63) is 35.4 Å². The Balaban J connectivity index is 1.38. The molecule has 166 valence electrons. The Morgan fingerprint density at radius 3 is 2.70 bits per heavy atom. The summed E-state index contributed by atoms with van der Waals surface area (Å²) in [5, 5.41) is 6.68. The lowest BCUT2D eigenvalue weighted by Gasteiger charge is -2.31. The van der Waals surface area contributed by atoms with Gasteiger partial charge in [0.15, 0.2) is 5.96 Å². The smallest absolute Gasteiger partial charge is 0.222 e. The highest BCUT2D eigenvalue weighted by Crippen LogP contribution is 2.19. The minimum absolute atomic E-state index is 0.245.